The van der Waals surface area contributed by atoms with Gasteiger partial charge in [0.15, 0.2) is 5.13 Å². The first-order chi connectivity index (χ1) is 11.2. The van der Waals surface area contributed by atoms with Crippen molar-refractivity contribution in [3.8, 4) is 5.75 Å². The number of hydrogen-bond donors (Lipinski definition) is 1. The summed E-state index contributed by atoms with van der Waals surface area (Å²) in [5.74, 6) is 0.425. The largest absolute Gasteiger partial charge is 0.494 e. The number of ether oxygens (including phenoxy) is 1. The first-order valence-corrected chi connectivity index (χ1v) is 8.04. The number of carbonyl (C=O) groups is 1. The van der Waals surface area contributed by atoms with E-state index in [4.69, 9.17) is 16.3 Å². The van der Waals surface area contributed by atoms with Crippen molar-refractivity contribution >= 4 is 50.3 Å². The van der Waals surface area contributed by atoms with Crippen molar-refractivity contribution in [2.24, 2.45) is 0 Å². The molecule has 1 amide bonds. The molecule has 0 unspecified atom stereocenters. The Labute approximate surface area is 142 Å². The molecule has 4 nitrogen and oxygen atoms in total. The molecule has 0 radical (unpaired) electrons. The van der Waals surface area contributed by atoms with Crippen LogP contribution in [0.25, 0.3) is 16.3 Å². The molecule has 0 bridgehead atoms. The minimum Gasteiger partial charge on any atom is -0.494 e. The molecule has 0 spiro atoms. The standard InChI is InChI=1S/C17H13ClN2O2S/c1-22-13-7-4-8-14-16(13)20-17(23-14)19-15(21)10-9-11-5-2-3-6-12(11)18/h2-10H,1H3,(H,19,20,21)/b10-9+. The minimum atomic E-state index is -0.261. The highest BCUT2D eigenvalue weighted by atomic mass is 35.5. The summed E-state index contributed by atoms with van der Waals surface area (Å²) in [4.78, 5) is 16.4. The molecule has 2 aromatic carbocycles. The van der Waals surface area contributed by atoms with Crippen LogP contribution in [0.4, 0.5) is 5.13 Å². The SMILES string of the molecule is COc1cccc2sc(NC(=O)/C=C/c3ccccc3Cl)nc12. The maximum absolute atomic E-state index is 12.0. The van der Waals surface area contributed by atoms with Gasteiger partial charge in [0.25, 0.3) is 0 Å². The highest BCUT2D eigenvalue weighted by molar-refractivity contribution is 7.22. The molecule has 0 saturated carbocycles. The van der Waals surface area contributed by atoms with Crippen molar-refractivity contribution in [3.63, 3.8) is 0 Å². The number of hydrogen-bond acceptors (Lipinski definition) is 4. The molecule has 1 heterocycles. The van der Waals surface area contributed by atoms with Crippen LogP contribution in [-0.4, -0.2) is 18.0 Å². The third-order valence-corrected chi connectivity index (χ3v) is 4.43. The number of nitrogens with zero attached hydrogens (tertiary/aromatic N) is 1. The predicted molar refractivity (Wildman–Crippen MR) is 95.3 cm³/mol. The van der Waals surface area contributed by atoms with Gasteiger partial charge in [-0.1, -0.05) is 47.2 Å². The summed E-state index contributed by atoms with van der Waals surface area (Å²) in [7, 11) is 1.60. The van der Waals surface area contributed by atoms with Crippen LogP contribution in [0.15, 0.2) is 48.5 Å². The number of halogens is 1. The molecule has 116 valence electrons. The molecule has 1 aromatic heterocycles. The van der Waals surface area contributed by atoms with Crippen molar-refractivity contribution in [1.29, 1.82) is 0 Å². The highest BCUT2D eigenvalue weighted by Gasteiger charge is 2.09. The van der Waals surface area contributed by atoms with E-state index in [0.29, 0.717) is 15.9 Å². The lowest BCUT2D eigenvalue weighted by Crippen LogP contribution is -2.07. The van der Waals surface area contributed by atoms with Gasteiger partial charge in [-0.25, -0.2) is 4.98 Å². The molecule has 3 rings (SSSR count). The van der Waals surface area contributed by atoms with Crippen molar-refractivity contribution in [2.45, 2.75) is 0 Å². The lowest BCUT2D eigenvalue weighted by atomic mass is 10.2. The number of anilines is 1. The Hall–Kier alpha value is -2.37. The van der Waals surface area contributed by atoms with E-state index in [9.17, 15) is 4.79 Å². The Kier molecular flexibility index (Phi) is 4.60. The molecular weight excluding hydrogens is 332 g/mol. The fraction of sp³-hybridized carbons (Fsp3) is 0.0588. The zero-order valence-corrected chi connectivity index (χ0v) is 13.8. The number of rotatable bonds is 4. The average Bonchev–Trinajstić information content (AvgIpc) is 2.96. The van der Waals surface area contributed by atoms with Gasteiger partial charge in [-0.05, 0) is 29.8 Å². The molecule has 23 heavy (non-hydrogen) atoms. The summed E-state index contributed by atoms with van der Waals surface area (Å²) < 4.78 is 6.22. The van der Waals surface area contributed by atoms with Crippen molar-refractivity contribution in [1.82, 2.24) is 4.98 Å². The Morgan fingerprint density at radius 3 is 2.87 bits per heavy atom. The first-order valence-electron chi connectivity index (χ1n) is 6.84. The Balaban J connectivity index is 1.77. The summed E-state index contributed by atoms with van der Waals surface area (Å²) >= 11 is 7.44. The number of carbonyl (C=O) groups excluding carboxylic acids is 1. The summed E-state index contributed by atoms with van der Waals surface area (Å²) in [5, 5.41) is 3.88. The van der Waals surface area contributed by atoms with Crippen LogP contribution < -0.4 is 10.1 Å². The number of aromatic nitrogens is 1. The summed E-state index contributed by atoms with van der Waals surface area (Å²) in [6, 6.07) is 13.0. The Morgan fingerprint density at radius 1 is 1.26 bits per heavy atom. The summed E-state index contributed by atoms with van der Waals surface area (Å²) in [6.45, 7) is 0. The summed E-state index contributed by atoms with van der Waals surface area (Å²) in [5.41, 5.74) is 1.53. The highest BCUT2D eigenvalue weighted by Crippen LogP contribution is 2.32. The van der Waals surface area contributed by atoms with E-state index in [2.05, 4.69) is 10.3 Å². The van der Waals surface area contributed by atoms with E-state index in [0.717, 1.165) is 15.8 Å². The van der Waals surface area contributed by atoms with E-state index >= 15 is 0 Å². The third-order valence-electron chi connectivity index (χ3n) is 3.15. The Morgan fingerprint density at radius 2 is 2.09 bits per heavy atom. The number of amides is 1. The van der Waals surface area contributed by atoms with Crippen LogP contribution in [0.3, 0.4) is 0 Å². The predicted octanol–water partition coefficient (Wildman–Crippen LogP) is 4.61. The third kappa shape index (κ3) is 3.52. The number of methoxy groups -OCH3 is 1. The zero-order chi connectivity index (χ0) is 16.2. The number of para-hydroxylation sites is 1. The van der Waals surface area contributed by atoms with E-state index in [1.807, 2.05) is 36.4 Å². The van der Waals surface area contributed by atoms with Gasteiger partial charge in [0.1, 0.15) is 11.3 Å². The van der Waals surface area contributed by atoms with Gasteiger partial charge in [0, 0.05) is 11.1 Å². The molecule has 0 fully saturated rings. The van der Waals surface area contributed by atoms with Crippen LogP contribution in [0.2, 0.25) is 5.02 Å². The maximum atomic E-state index is 12.0. The monoisotopic (exact) mass is 344 g/mol. The van der Waals surface area contributed by atoms with Gasteiger partial charge < -0.3 is 4.74 Å². The van der Waals surface area contributed by atoms with E-state index in [1.54, 1.807) is 19.3 Å². The van der Waals surface area contributed by atoms with E-state index in [1.165, 1.54) is 17.4 Å². The average molecular weight is 345 g/mol. The fourth-order valence-corrected chi connectivity index (χ4v) is 3.15. The zero-order valence-electron chi connectivity index (χ0n) is 12.2. The smallest absolute Gasteiger partial charge is 0.250 e. The number of thiazole rings is 1. The maximum Gasteiger partial charge on any atom is 0.250 e. The molecule has 0 aliphatic heterocycles. The van der Waals surface area contributed by atoms with Gasteiger partial charge in [0.2, 0.25) is 5.91 Å². The van der Waals surface area contributed by atoms with Crippen LogP contribution in [0, 0.1) is 0 Å². The molecule has 0 aliphatic rings. The van der Waals surface area contributed by atoms with Crippen molar-refractivity contribution in [2.75, 3.05) is 12.4 Å². The summed E-state index contributed by atoms with van der Waals surface area (Å²) in [6.07, 6.45) is 3.11. The second-order valence-electron chi connectivity index (χ2n) is 4.67. The fourth-order valence-electron chi connectivity index (χ4n) is 2.06. The molecular formula is C17H13ClN2O2S. The van der Waals surface area contributed by atoms with E-state index < -0.39 is 0 Å². The van der Waals surface area contributed by atoms with Crippen LogP contribution in [-0.2, 0) is 4.79 Å². The van der Waals surface area contributed by atoms with E-state index in [-0.39, 0.29) is 5.91 Å². The van der Waals surface area contributed by atoms with Gasteiger partial charge in [-0.15, -0.1) is 0 Å². The van der Waals surface area contributed by atoms with Gasteiger partial charge in [-0.2, -0.15) is 0 Å². The van der Waals surface area contributed by atoms with Gasteiger partial charge in [0.05, 0.1) is 11.8 Å². The molecule has 6 heteroatoms. The van der Waals surface area contributed by atoms with Crippen LogP contribution in [0.5, 0.6) is 5.75 Å². The molecule has 0 aliphatic carbocycles. The first kappa shape index (κ1) is 15.5. The van der Waals surface area contributed by atoms with Crippen molar-refractivity contribution in [3.05, 3.63) is 59.1 Å². The number of nitrogens with one attached hydrogen (secondary N) is 1. The van der Waals surface area contributed by atoms with Crippen LogP contribution in [0.1, 0.15) is 5.56 Å². The Bertz CT molecular complexity index is 889. The van der Waals surface area contributed by atoms with Gasteiger partial charge in [-0.3, -0.25) is 10.1 Å². The normalized spacial score (nSPS) is 11.0. The van der Waals surface area contributed by atoms with Crippen LogP contribution >= 0.6 is 22.9 Å². The van der Waals surface area contributed by atoms with Gasteiger partial charge >= 0.3 is 0 Å². The number of fused-ring (bicyclic) bond motifs is 1. The minimum absolute atomic E-state index is 0.261. The number of benzene rings is 2. The second kappa shape index (κ2) is 6.81. The second-order valence-corrected chi connectivity index (χ2v) is 6.11. The molecule has 1 N–H and O–H groups in total. The van der Waals surface area contributed by atoms with Crippen molar-refractivity contribution < 1.29 is 9.53 Å². The molecule has 0 saturated heterocycles. The quantitative estimate of drug-likeness (QED) is 0.703. The lowest BCUT2D eigenvalue weighted by molar-refractivity contribution is -0.111. The molecule has 3 aromatic rings. The lowest BCUT2D eigenvalue weighted by Gasteiger charge is -1.98. The molecule has 0 atom stereocenters. The topological polar surface area (TPSA) is 51.2 Å².